The zero-order chi connectivity index (χ0) is 18.8. The highest BCUT2D eigenvalue weighted by molar-refractivity contribution is 6.04. The number of Topliss-reactive ketones (excluding diaryl/α,β-unsaturated/α-hetero) is 1. The Kier molecular flexibility index (Phi) is 4.75. The Hall–Kier alpha value is -2.95. The third-order valence-electron chi connectivity index (χ3n) is 5.44. The lowest BCUT2D eigenvalue weighted by Crippen LogP contribution is -2.44. The summed E-state index contributed by atoms with van der Waals surface area (Å²) in [6.07, 6.45) is 1.71. The Morgan fingerprint density at radius 2 is 1.59 bits per heavy atom. The molecular weight excluding hydrogens is 340 g/mol. The van der Waals surface area contributed by atoms with Gasteiger partial charge in [-0.2, -0.15) is 0 Å². The number of carbonyl (C=O) groups excluding carboxylic acids is 3. The Balaban J connectivity index is 1.49. The van der Waals surface area contributed by atoms with Crippen molar-refractivity contribution in [1.29, 1.82) is 0 Å². The van der Waals surface area contributed by atoms with E-state index < -0.39 is 6.04 Å². The molecule has 5 nitrogen and oxygen atoms in total. The van der Waals surface area contributed by atoms with Gasteiger partial charge in [-0.1, -0.05) is 48.5 Å². The molecule has 2 fully saturated rings. The molecule has 5 heteroatoms. The quantitative estimate of drug-likeness (QED) is 0.786. The van der Waals surface area contributed by atoms with Crippen molar-refractivity contribution in [3.8, 4) is 0 Å². The Labute approximate surface area is 158 Å². The van der Waals surface area contributed by atoms with Crippen molar-refractivity contribution in [2.75, 3.05) is 18.0 Å². The van der Waals surface area contributed by atoms with E-state index in [-0.39, 0.29) is 29.9 Å². The summed E-state index contributed by atoms with van der Waals surface area (Å²) in [6.45, 7) is 0.961. The second kappa shape index (κ2) is 7.35. The number of amides is 2. The van der Waals surface area contributed by atoms with E-state index in [9.17, 15) is 14.4 Å². The van der Waals surface area contributed by atoms with Crippen molar-refractivity contribution in [1.82, 2.24) is 4.90 Å². The highest BCUT2D eigenvalue weighted by atomic mass is 16.2. The molecule has 0 aromatic heterocycles. The van der Waals surface area contributed by atoms with E-state index in [0.29, 0.717) is 25.1 Å². The molecule has 2 aliphatic rings. The molecule has 2 saturated heterocycles. The van der Waals surface area contributed by atoms with Gasteiger partial charge in [-0.15, -0.1) is 0 Å². The highest BCUT2D eigenvalue weighted by Gasteiger charge is 2.42. The zero-order valence-electron chi connectivity index (χ0n) is 15.1. The average Bonchev–Trinajstić information content (AvgIpc) is 3.35. The molecule has 0 radical (unpaired) electrons. The summed E-state index contributed by atoms with van der Waals surface area (Å²) in [5.74, 6) is -0.509. The first-order valence-corrected chi connectivity index (χ1v) is 9.40. The van der Waals surface area contributed by atoms with Crippen molar-refractivity contribution in [3.05, 3.63) is 66.2 Å². The van der Waals surface area contributed by atoms with Gasteiger partial charge >= 0.3 is 0 Å². The Morgan fingerprint density at radius 1 is 0.926 bits per heavy atom. The van der Waals surface area contributed by atoms with Crippen LogP contribution in [0.15, 0.2) is 60.7 Å². The molecule has 27 heavy (non-hydrogen) atoms. The number of carbonyl (C=O) groups is 3. The fraction of sp³-hybridized carbons (Fsp3) is 0.318. The van der Waals surface area contributed by atoms with E-state index >= 15 is 0 Å². The molecule has 2 aliphatic heterocycles. The fourth-order valence-corrected chi connectivity index (χ4v) is 4.06. The average molecular weight is 362 g/mol. The molecule has 4 rings (SSSR count). The normalized spacial score (nSPS) is 22.3. The van der Waals surface area contributed by atoms with Crippen molar-refractivity contribution in [3.63, 3.8) is 0 Å². The van der Waals surface area contributed by atoms with Crippen molar-refractivity contribution in [2.24, 2.45) is 5.92 Å². The van der Waals surface area contributed by atoms with Gasteiger partial charge in [0.05, 0.1) is 12.0 Å². The van der Waals surface area contributed by atoms with Crippen LogP contribution in [0.25, 0.3) is 0 Å². The minimum absolute atomic E-state index is 0.00862. The maximum Gasteiger partial charge on any atom is 0.228 e. The van der Waals surface area contributed by atoms with Gasteiger partial charge < -0.3 is 9.80 Å². The lowest BCUT2D eigenvalue weighted by Gasteiger charge is -2.26. The van der Waals surface area contributed by atoms with Crippen LogP contribution in [0.1, 0.15) is 29.6 Å². The van der Waals surface area contributed by atoms with Crippen LogP contribution in [-0.4, -0.2) is 41.6 Å². The molecule has 0 saturated carbocycles. The molecule has 0 aliphatic carbocycles. The van der Waals surface area contributed by atoms with Gasteiger partial charge in [0.2, 0.25) is 11.8 Å². The van der Waals surface area contributed by atoms with Crippen LogP contribution in [-0.2, 0) is 9.59 Å². The van der Waals surface area contributed by atoms with Crippen LogP contribution in [0.4, 0.5) is 5.69 Å². The molecule has 2 aromatic carbocycles. The third-order valence-corrected chi connectivity index (χ3v) is 5.44. The highest BCUT2D eigenvalue weighted by Crippen LogP contribution is 2.29. The fourth-order valence-electron chi connectivity index (χ4n) is 4.06. The van der Waals surface area contributed by atoms with E-state index in [1.165, 1.54) is 0 Å². The maximum absolute atomic E-state index is 13.1. The minimum atomic E-state index is -0.416. The number of nitrogens with zero attached hydrogens (tertiary/aromatic N) is 2. The second-order valence-corrected chi connectivity index (χ2v) is 7.16. The van der Waals surface area contributed by atoms with E-state index in [2.05, 4.69) is 0 Å². The van der Waals surface area contributed by atoms with Crippen LogP contribution < -0.4 is 4.90 Å². The first-order valence-electron chi connectivity index (χ1n) is 9.40. The Morgan fingerprint density at radius 3 is 2.30 bits per heavy atom. The van der Waals surface area contributed by atoms with Gasteiger partial charge in [-0.3, -0.25) is 14.4 Å². The number of anilines is 1. The summed E-state index contributed by atoms with van der Waals surface area (Å²) in [4.78, 5) is 41.8. The summed E-state index contributed by atoms with van der Waals surface area (Å²) >= 11 is 0. The number of para-hydroxylation sites is 1. The molecule has 138 valence electrons. The van der Waals surface area contributed by atoms with Gasteiger partial charge in [-0.25, -0.2) is 0 Å². The molecule has 2 unspecified atom stereocenters. The summed E-state index contributed by atoms with van der Waals surface area (Å²) in [7, 11) is 0. The molecule has 2 amide bonds. The lowest BCUT2D eigenvalue weighted by atomic mass is 10.0. The van der Waals surface area contributed by atoms with Gasteiger partial charge in [0, 0.05) is 30.8 Å². The first kappa shape index (κ1) is 17.5. The molecule has 2 aromatic rings. The third kappa shape index (κ3) is 3.37. The zero-order valence-corrected chi connectivity index (χ0v) is 15.1. The summed E-state index contributed by atoms with van der Waals surface area (Å²) in [5, 5.41) is 0. The number of hydrogen-bond donors (Lipinski definition) is 0. The molecule has 2 atom stereocenters. The number of hydrogen-bond acceptors (Lipinski definition) is 3. The van der Waals surface area contributed by atoms with Crippen LogP contribution in [0, 0.1) is 5.92 Å². The maximum atomic E-state index is 13.1. The van der Waals surface area contributed by atoms with Gasteiger partial charge in [-0.05, 0) is 25.0 Å². The summed E-state index contributed by atoms with van der Waals surface area (Å²) in [5.41, 5.74) is 1.45. The van der Waals surface area contributed by atoms with Crippen LogP contribution in [0.3, 0.4) is 0 Å². The van der Waals surface area contributed by atoms with Crippen LogP contribution >= 0.6 is 0 Å². The molecule has 2 heterocycles. The smallest absolute Gasteiger partial charge is 0.228 e. The van der Waals surface area contributed by atoms with Crippen molar-refractivity contribution in [2.45, 2.75) is 25.3 Å². The number of rotatable bonds is 4. The molecule has 0 bridgehead atoms. The predicted octanol–water partition coefficient (Wildman–Crippen LogP) is 2.91. The van der Waals surface area contributed by atoms with E-state index in [4.69, 9.17) is 0 Å². The molecular formula is C22H22N2O3. The Bertz CT molecular complexity index is 850. The molecule has 0 N–H and O–H groups in total. The van der Waals surface area contributed by atoms with E-state index in [0.717, 1.165) is 12.1 Å². The second-order valence-electron chi connectivity index (χ2n) is 7.16. The standard InChI is InChI=1S/C22H22N2O3/c25-20-14-17(15-24(20)18-10-5-2-6-11-18)22(27)23-13-7-12-19(23)21(26)16-8-3-1-4-9-16/h1-6,8-11,17,19H,7,12-15H2. The first-order chi connectivity index (χ1) is 13.1. The summed E-state index contributed by atoms with van der Waals surface area (Å²) < 4.78 is 0. The minimum Gasteiger partial charge on any atom is -0.332 e. The number of benzene rings is 2. The monoisotopic (exact) mass is 362 g/mol. The number of likely N-dealkylation sites (tertiary alicyclic amines) is 1. The van der Waals surface area contributed by atoms with Gasteiger partial charge in [0.1, 0.15) is 0 Å². The van der Waals surface area contributed by atoms with Gasteiger partial charge in [0.25, 0.3) is 0 Å². The van der Waals surface area contributed by atoms with Crippen molar-refractivity contribution < 1.29 is 14.4 Å². The lowest BCUT2D eigenvalue weighted by molar-refractivity contribution is -0.135. The predicted molar refractivity (Wildman–Crippen MR) is 102 cm³/mol. The molecule has 0 spiro atoms. The van der Waals surface area contributed by atoms with Gasteiger partial charge in [0.15, 0.2) is 5.78 Å². The topological polar surface area (TPSA) is 57.7 Å². The summed E-state index contributed by atoms with van der Waals surface area (Å²) in [6, 6.07) is 18.1. The van der Waals surface area contributed by atoms with Crippen LogP contribution in [0.5, 0.6) is 0 Å². The number of ketones is 1. The van der Waals surface area contributed by atoms with Crippen LogP contribution in [0.2, 0.25) is 0 Å². The SMILES string of the molecule is O=C(c1ccccc1)C1CCCN1C(=O)C1CC(=O)N(c2ccccc2)C1. The van der Waals surface area contributed by atoms with Crippen molar-refractivity contribution >= 4 is 23.3 Å². The van der Waals surface area contributed by atoms with E-state index in [1.807, 2.05) is 48.5 Å². The van der Waals surface area contributed by atoms with E-state index in [1.54, 1.807) is 21.9 Å². The largest absolute Gasteiger partial charge is 0.332 e.